The molecule has 2 atom stereocenters. The van der Waals surface area contributed by atoms with E-state index in [-0.39, 0.29) is 57.7 Å². The first-order valence-electron chi connectivity index (χ1n) is 15.8. The average molecular weight is 684 g/mol. The van der Waals surface area contributed by atoms with Gasteiger partial charge in [0.2, 0.25) is 0 Å². The van der Waals surface area contributed by atoms with Gasteiger partial charge in [-0.3, -0.25) is 20.2 Å². The van der Waals surface area contributed by atoms with Crippen molar-refractivity contribution in [3.05, 3.63) is 34.5 Å². The van der Waals surface area contributed by atoms with Crippen molar-refractivity contribution in [1.82, 2.24) is 19.9 Å². The van der Waals surface area contributed by atoms with Crippen LogP contribution in [0.3, 0.4) is 0 Å². The first-order chi connectivity index (χ1) is 22.9. The van der Waals surface area contributed by atoms with Gasteiger partial charge in [0.05, 0.1) is 40.7 Å². The topological polar surface area (TPSA) is 123 Å². The van der Waals surface area contributed by atoms with Gasteiger partial charge in [-0.15, -0.1) is 11.3 Å². The Labute approximate surface area is 278 Å². The number of aliphatic imine (C=N–C) groups is 1. The molecule has 3 aliphatic rings. The lowest BCUT2D eigenvalue weighted by molar-refractivity contribution is 0.0636. The molecule has 15 heteroatoms. The van der Waals surface area contributed by atoms with Gasteiger partial charge in [0.1, 0.15) is 34.7 Å². The molecular weight excluding hydrogens is 647 g/mol. The van der Waals surface area contributed by atoms with Gasteiger partial charge in [0, 0.05) is 49.8 Å². The largest absolute Gasteiger partial charge is 0.461 e. The highest BCUT2D eigenvalue weighted by molar-refractivity contribution is 7.23. The Morgan fingerprint density at radius 1 is 1.25 bits per heavy atom. The number of nitrogens with one attached hydrogen (secondary N) is 2. The summed E-state index contributed by atoms with van der Waals surface area (Å²) in [5, 5.41) is 6.73. The first kappa shape index (κ1) is 32.5. The number of anilines is 2. The molecule has 7 rings (SSSR count). The van der Waals surface area contributed by atoms with Crippen LogP contribution in [-0.2, 0) is 22.7 Å². The number of carbonyl (C=O) groups excluding carboxylic acids is 1. The molecule has 3 aromatic heterocycles. The van der Waals surface area contributed by atoms with Gasteiger partial charge in [-0.2, -0.15) is 9.97 Å². The summed E-state index contributed by atoms with van der Waals surface area (Å²) in [6.07, 6.45) is 2.95. The molecule has 254 valence electrons. The van der Waals surface area contributed by atoms with Crippen LogP contribution >= 0.6 is 11.3 Å². The minimum absolute atomic E-state index is 0.0218. The SMILES string of the molecule is CN=Cc1c(NC(=O)OC(C)(C)C)sc2c(F)cnc(-c3c4c(c5c(NC)nc(OC[C@@]67CCCN6C[C@H](F)C7)nc5c3F)COC4)c12. The van der Waals surface area contributed by atoms with Crippen molar-refractivity contribution in [2.75, 3.05) is 44.4 Å². The Balaban J connectivity index is 1.38. The highest BCUT2D eigenvalue weighted by atomic mass is 32.1. The van der Waals surface area contributed by atoms with Gasteiger partial charge in [-0.05, 0) is 51.3 Å². The van der Waals surface area contributed by atoms with E-state index in [4.69, 9.17) is 14.2 Å². The molecule has 6 heterocycles. The van der Waals surface area contributed by atoms with Crippen LogP contribution in [0.1, 0.15) is 56.7 Å². The van der Waals surface area contributed by atoms with Crippen molar-refractivity contribution >= 4 is 55.5 Å². The third-order valence-corrected chi connectivity index (χ3v) is 10.2. The number of benzene rings is 1. The monoisotopic (exact) mass is 683 g/mol. The minimum Gasteiger partial charge on any atom is -0.461 e. The second kappa shape index (κ2) is 12.1. The summed E-state index contributed by atoms with van der Waals surface area (Å²) in [4.78, 5) is 32.6. The quantitative estimate of drug-likeness (QED) is 0.207. The van der Waals surface area contributed by atoms with E-state index in [2.05, 4.69) is 35.5 Å². The van der Waals surface area contributed by atoms with E-state index in [9.17, 15) is 9.18 Å². The van der Waals surface area contributed by atoms with Crippen LogP contribution in [0.5, 0.6) is 6.01 Å². The Hall–Kier alpha value is -4.08. The highest BCUT2D eigenvalue weighted by Crippen LogP contribution is 2.47. The number of hydrogen-bond donors (Lipinski definition) is 2. The van der Waals surface area contributed by atoms with Gasteiger partial charge in [-0.25, -0.2) is 18.0 Å². The number of aromatic nitrogens is 3. The highest BCUT2D eigenvalue weighted by Gasteiger charge is 2.49. The van der Waals surface area contributed by atoms with Gasteiger partial charge in [0.25, 0.3) is 0 Å². The Kier molecular flexibility index (Phi) is 8.19. The summed E-state index contributed by atoms with van der Waals surface area (Å²) in [5.41, 5.74) is 0.543. The number of alkyl halides is 1. The maximum absolute atomic E-state index is 17.1. The second-order valence-corrected chi connectivity index (χ2v) is 14.4. The van der Waals surface area contributed by atoms with Crippen molar-refractivity contribution < 1.29 is 32.2 Å². The normalized spacial score (nSPS) is 21.0. The number of hydrogen-bond acceptors (Lipinski definition) is 11. The molecule has 3 aliphatic heterocycles. The average Bonchev–Trinajstić information content (AvgIpc) is 3.79. The summed E-state index contributed by atoms with van der Waals surface area (Å²) >= 11 is 0.972. The number of amides is 1. The van der Waals surface area contributed by atoms with E-state index in [1.54, 1.807) is 27.8 Å². The van der Waals surface area contributed by atoms with Gasteiger partial charge >= 0.3 is 12.1 Å². The number of halogens is 3. The van der Waals surface area contributed by atoms with Crippen LogP contribution in [-0.4, -0.2) is 83.3 Å². The summed E-state index contributed by atoms with van der Waals surface area (Å²) in [7, 11) is 3.21. The molecule has 0 radical (unpaired) electrons. The van der Waals surface area contributed by atoms with E-state index in [1.807, 2.05) is 0 Å². The zero-order valence-electron chi connectivity index (χ0n) is 27.3. The number of fused-ring (bicyclic) bond motifs is 5. The molecule has 2 N–H and O–H groups in total. The molecule has 0 saturated carbocycles. The fraction of sp³-hybridized carbons (Fsp3) is 0.485. The lowest BCUT2D eigenvalue weighted by Gasteiger charge is -2.30. The zero-order chi connectivity index (χ0) is 34.0. The number of ether oxygens (including phenoxy) is 3. The molecule has 4 aromatic rings. The van der Waals surface area contributed by atoms with Crippen molar-refractivity contribution in [3.8, 4) is 17.3 Å². The van der Waals surface area contributed by atoms with Gasteiger partial charge in [-0.1, -0.05) is 0 Å². The minimum atomic E-state index is -0.929. The molecule has 2 saturated heterocycles. The van der Waals surface area contributed by atoms with Crippen molar-refractivity contribution in [2.45, 2.75) is 70.6 Å². The van der Waals surface area contributed by atoms with Crippen LogP contribution in [0.4, 0.5) is 28.8 Å². The zero-order valence-corrected chi connectivity index (χ0v) is 28.1. The molecule has 1 amide bonds. The molecule has 0 aliphatic carbocycles. The molecule has 0 spiro atoms. The Morgan fingerprint density at radius 2 is 2.04 bits per heavy atom. The van der Waals surface area contributed by atoms with Crippen molar-refractivity contribution in [3.63, 3.8) is 0 Å². The number of pyridine rings is 1. The van der Waals surface area contributed by atoms with E-state index < -0.39 is 35.0 Å². The first-order valence-corrected chi connectivity index (χ1v) is 16.6. The van der Waals surface area contributed by atoms with Crippen LogP contribution < -0.4 is 15.4 Å². The van der Waals surface area contributed by atoms with Crippen LogP contribution in [0.15, 0.2) is 11.2 Å². The van der Waals surface area contributed by atoms with Crippen LogP contribution in [0.25, 0.3) is 32.2 Å². The molecule has 2 fully saturated rings. The predicted octanol–water partition coefficient (Wildman–Crippen LogP) is 6.61. The number of carbonyl (C=O) groups is 1. The molecule has 0 bridgehead atoms. The summed E-state index contributed by atoms with van der Waals surface area (Å²) < 4.78 is 64.5. The molecule has 11 nitrogen and oxygen atoms in total. The van der Waals surface area contributed by atoms with Gasteiger partial charge in [0.15, 0.2) is 11.6 Å². The fourth-order valence-electron chi connectivity index (χ4n) is 7.17. The maximum atomic E-state index is 17.1. The van der Waals surface area contributed by atoms with E-state index in [0.29, 0.717) is 40.9 Å². The molecular formula is C33H36F3N7O4S. The Bertz CT molecular complexity index is 1980. The summed E-state index contributed by atoms with van der Waals surface area (Å²) in [6.45, 7) is 6.78. The fourth-order valence-corrected chi connectivity index (χ4v) is 8.24. The third kappa shape index (κ3) is 5.50. The van der Waals surface area contributed by atoms with E-state index in [1.165, 1.54) is 13.3 Å². The number of nitrogens with zero attached hydrogens (tertiary/aromatic N) is 5. The van der Waals surface area contributed by atoms with E-state index in [0.717, 1.165) is 36.9 Å². The van der Waals surface area contributed by atoms with E-state index >= 15 is 8.78 Å². The van der Waals surface area contributed by atoms with Crippen molar-refractivity contribution in [1.29, 1.82) is 0 Å². The number of thiophene rings is 1. The lowest BCUT2D eigenvalue weighted by Crippen LogP contribution is -2.43. The maximum Gasteiger partial charge on any atom is 0.412 e. The summed E-state index contributed by atoms with van der Waals surface area (Å²) in [6, 6.07) is -0.0468. The standard InChI is InChI=1S/C33H36F3N7O4S/c1-32(2,3)47-31(44)42-29-17(10-37-4)22-25(39-11-20(35)27(22)48-29)21-18-13-45-14-19(18)23-26(24(21)36)40-30(41-28(23)38-5)46-15-33-7-6-8-43(33)12-16(34)9-33/h10-11,16H,6-9,12-15H2,1-5H3,(H,42,44)(H,38,40,41)/t16-,33+/m1/s1. The van der Waals surface area contributed by atoms with Gasteiger partial charge < -0.3 is 19.5 Å². The molecule has 1 aromatic carbocycles. The third-order valence-electron chi connectivity index (χ3n) is 9.06. The Morgan fingerprint density at radius 3 is 2.79 bits per heavy atom. The lowest BCUT2D eigenvalue weighted by atomic mass is 9.93. The van der Waals surface area contributed by atoms with Crippen LogP contribution in [0, 0.1) is 11.6 Å². The van der Waals surface area contributed by atoms with Crippen molar-refractivity contribution in [2.24, 2.45) is 4.99 Å². The molecule has 48 heavy (non-hydrogen) atoms. The smallest absolute Gasteiger partial charge is 0.412 e. The summed E-state index contributed by atoms with van der Waals surface area (Å²) in [5.74, 6) is -1.00. The number of rotatable bonds is 7. The molecule has 0 unspecified atom stereocenters. The second-order valence-electron chi connectivity index (χ2n) is 13.3. The predicted molar refractivity (Wildman–Crippen MR) is 178 cm³/mol. The van der Waals surface area contributed by atoms with Crippen LogP contribution in [0.2, 0.25) is 0 Å².